The van der Waals surface area contributed by atoms with Gasteiger partial charge in [-0.15, -0.1) is 0 Å². The van der Waals surface area contributed by atoms with E-state index in [1.54, 1.807) is 23.7 Å². The van der Waals surface area contributed by atoms with E-state index in [1.807, 2.05) is 36.4 Å². The van der Waals surface area contributed by atoms with Gasteiger partial charge in [0.1, 0.15) is 35.8 Å². The van der Waals surface area contributed by atoms with Gasteiger partial charge in [-0.2, -0.15) is 15.6 Å². The lowest BCUT2D eigenvalue weighted by Gasteiger charge is -2.09. The fourth-order valence-electron chi connectivity index (χ4n) is 2.32. The smallest absolute Gasteiger partial charge is 0.140 e. The molecule has 2 heterocycles. The van der Waals surface area contributed by atoms with E-state index >= 15 is 0 Å². The van der Waals surface area contributed by atoms with E-state index in [0.29, 0.717) is 28.4 Å². The molecule has 0 aliphatic carbocycles. The second kappa shape index (κ2) is 6.64. The summed E-state index contributed by atoms with van der Waals surface area (Å²) >= 11 is 0. The molecule has 6 nitrogen and oxygen atoms in total. The highest BCUT2D eigenvalue weighted by Gasteiger charge is 2.17. The number of nitrogens with zero attached hydrogens (tertiary/aromatic N) is 5. The maximum Gasteiger partial charge on any atom is 0.140 e. The molecule has 0 aliphatic rings. The zero-order valence-electron chi connectivity index (χ0n) is 13.0. The standard InChI is InChI=1S/C18H13N5O/c1-13-17(10-20)18(23(22-13)15-5-3-2-4-6-15)12-24-16-8-7-14(9-19)21-11-16/h2-8,11H,12H2,1H3. The summed E-state index contributed by atoms with van der Waals surface area (Å²) in [5.74, 6) is 0.524. The lowest BCUT2D eigenvalue weighted by molar-refractivity contribution is 0.296. The van der Waals surface area contributed by atoms with E-state index in [9.17, 15) is 5.26 Å². The van der Waals surface area contributed by atoms with Crippen molar-refractivity contribution >= 4 is 0 Å². The minimum atomic E-state index is 0.173. The molecule has 0 radical (unpaired) electrons. The number of hydrogen-bond donors (Lipinski definition) is 0. The molecule has 0 atom stereocenters. The van der Waals surface area contributed by atoms with Crippen LogP contribution >= 0.6 is 0 Å². The van der Waals surface area contributed by atoms with Gasteiger partial charge < -0.3 is 4.74 Å². The number of aryl methyl sites for hydroxylation is 1. The largest absolute Gasteiger partial charge is 0.486 e. The predicted molar refractivity (Wildman–Crippen MR) is 86.3 cm³/mol. The number of aromatic nitrogens is 3. The van der Waals surface area contributed by atoms with Gasteiger partial charge in [0.05, 0.1) is 23.3 Å². The van der Waals surface area contributed by atoms with E-state index in [2.05, 4.69) is 16.2 Å². The average molecular weight is 315 g/mol. The Morgan fingerprint density at radius 3 is 2.50 bits per heavy atom. The molecule has 116 valence electrons. The number of rotatable bonds is 4. The highest BCUT2D eigenvalue weighted by Crippen LogP contribution is 2.20. The van der Waals surface area contributed by atoms with Gasteiger partial charge in [-0.25, -0.2) is 9.67 Å². The lowest BCUT2D eigenvalue weighted by atomic mass is 10.2. The van der Waals surface area contributed by atoms with Gasteiger partial charge in [0.15, 0.2) is 0 Å². The van der Waals surface area contributed by atoms with E-state index in [0.717, 1.165) is 5.69 Å². The summed E-state index contributed by atoms with van der Waals surface area (Å²) in [4.78, 5) is 3.96. The molecule has 0 N–H and O–H groups in total. The van der Waals surface area contributed by atoms with Crippen LogP contribution < -0.4 is 4.74 Å². The monoisotopic (exact) mass is 315 g/mol. The maximum absolute atomic E-state index is 9.42. The minimum Gasteiger partial charge on any atom is -0.486 e. The Balaban J connectivity index is 1.92. The topological polar surface area (TPSA) is 87.5 Å². The zero-order chi connectivity index (χ0) is 16.9. The zero-order valence-corrected chi connectivity index (χ0v) is 13.0. The fraction of sp³-hybridized carbons (Fsp3) is 0.111. The Labute approximate surface area is 139 Å². The first-order chi connectivity index (χ1) is 11.7. The quantitative estimate of drug-likeness (QED) is 0.738. The van der Waals surface area contributed by atoms with Crippen molar-refractivity contribution in [3.05, 3.63) is 71.3 Å². The minimum absolute atomic E-state index is 0.173. The molecule has 0 aliphatic heterocycles. The molecule has 1 aromatic carbocycles. The molecule has 0 saturated heterocycles. The van der Waals surface area contributed by atoms with Gasteiger partial charge in [-0.1, -0.05) is 18.2 Å². The molecule has 3 aromatic rings. The van der Waals surface area contributed by atoms with Crippen LogP contribution in [0.1, 0.15) is 22.6 Å². The number of benzene rings is 1. The predicted octanol–water partition coefficient (Wildman–Crippen LogP) is 2.90. The molecular weight excluding hydrogens is 302 g/mol. The van der Waals surface area contributed by atoms with Crippen molar-refractivity contribution in [3.63, 3.8) is 0 Å². The number of hydrogen-bond acceptors (Lipinski definition) is 5. The van der Waals surface area contributed by atoms with Crippen LogP contribution in [0.25, 0.3) is 5.69 Å². The third-order valence-electron chi connectivity index (χ3n) is 3.50. The van der Waals surface area contributed by atoms with Crippen LogP contribution in [0.5, 0.6) is 5.75 Å². The Hall–Kier alpha value is -3.64. The van der Waals surface area contributed by atoms with Gasteiger partial charge in [0, 0.05) is 0 Å². The molecule has 0 bridgehead atoms. The van der Waals surface area contributed by atoms with Crippen molar-refractivity contribution in [3.8, 4) is 23.6 Å². The molecule has 6 heteroatoms. The molecule has 24 heavy (non-hydrogen) atoms. The Kier molecular flexibility index (Phi) is 4.22. The maximum atomic E-state index is 9.42. The van der Waals surface area contributed by atoms with E-state index < -0.39 is 0 Å². The van der Waals surface area contributed by atoms with Crippen molar-refractivity contribution in [2.75, 3.05) is 0 Å². The summed E-state index contributed by atoms with van der Waals surface area (Å²) in [7, 11) is 0. The van der Waals surface area contributed by atoms with Crippen LogP contribution in [0, 0.1) is 29.6 Å². The summed E-state index contributed by atoms with van der Waals surface area (Å²) < 4.78 is 7.44. The second-order valence-corrected chi connectivity index (χ2v) is 5.05. The van der Waals surface area contributed by atoms with Crippen molar-refractivity contribution in [1.29, 1.82) is 10.5 Å². The molecular formula is C18H13N5O. The van der Waals surface area contributed by atoms with Gasteiger partial charge in [-0.3, -0.25) is 0 Å². The van der Waals surface area contributed by atoms with Crippen LogP contribution in [0.2, 0.25) is 0 Å². The fourth-order valence-corrected chi connectivity index (χ4v) is 2.32. The van der Waals surface area contributed by atoms with Crippen molar-refractivity contribution in [2.24, 2.45) is 0 Å². The molecule has 0 unspecified atom stereocenters. The van der Waals surface area contributed by atoms with Crippen molar-refractivity contribution in [2.45, 2.75) is 13.5 Å². The molecule has 0 amide bonds. The SMILES string of the molecule is Cc1nn(-c2ccccc2)c(COc2ccc(C#N)nc2)c1C#N. The normalized spacial score (nSPS) is 9.96. The molecule has 2 aromatic heterocycles. The van der Waals surface area contributed by atoms with Crippen LogP contribution in [0.4, 0.5) is 0 Å². The van der Waals surface area contributed by atoms with Crippen molar-refractivity contribution in [1.82, 2.24) is 14.8 Å². The summed E-state index contributed by atoms with van der Waals surface area (Å²) in [6, 6.07) is 17.0. The Morgan fingerprint density at radius 2 is 1.88 bits per heavy atom. The van der Waals surface area contributed by atoms with Gasteiger partial charge >= 0.3 is 0 Å². The first-order valence-corrected chi connectivity index (χ1v) is 7.26. The lowest BCUT2D eigenvalue weighted by Crippen LogP contribution is -2.07. The number of para-hydroxylation sites is 1. The number of ether oxygens (including phenoxy) is 1. The van der Waals surface area contributed by atoms with Crippen LogP contribution in [-0.4, -0.2) is 14.8 Å². The van der Waals surface area contributed by atoms with Gasteiger partial charge in [0.25, 0.3) is 0 Å². The summed E-state index contributed by atoms with van der Waals surface area (Å²) in [5.41, 5.74) is 3.01. The molecule has 3 rings (SSSR count). The third kappa shape index (κ3) is 2.94. The summed E-state index contributed by atoms with van der Waals surface area (Å²) in [5, 5.41) is 22.6. The third-order valence-corrected chi connectivity index (χ3v) is 3.50. The summed E-state index contributed by atoms with van der Waals surface area (Å²) in [6.45, 7) is 1.97. The first kappa shape index (κ1) is 15.3. The average Bonchev–Trinajstić information content (AvgIpc) is 2.96. The highest BCUT2D eigenvalue weighted by atomic mass is 16.5. The summed E-state index contributed by atoms with van der Waals surface area (Å²) in [6.07, 6.45) is 1.49. The van der Waals surface area contributed by atoms with Crippen LogP contribution in [0.15, 0.2) is 48.7 Å². The first-order valence-electron chi connectivity index (χ1n) is 7.26. The van der Waals surface area contributed by atoms with E-state index in [-0.39, 0.29) is 6.61 Å². The second-order valence-electron chi connectivity index (χ2n) is 5.05. The Bertz CT molecular complexity index is 931. The molecule has 0 fully saturated rings. The van der Waals surface area contributed by atoms with E-state index in [1.165, 1.54) is 6.20 Å². The number of nitriles is 2. The van der Waals surface area contributed by atoms with Gasteiger partial charge in [-0.05, 0) is 31.2 Å². The van der Waals surface area contributed by atoms with Gasteiger partial charge in [0.2, 0.25) is 0 Å². The number of pyridine rings is 1. The Morgan fingerprint density at radius 1 is 1.08 bits per heavy atom. The van der Waals surface area contributed by atoms with E-state index in [4.69, 9.17) is 10.00 Å². The van der Waals surface area contributed by atoms with Crippen LogP contribution in [-0.2, 0) is 6.61 Å². The van der Waals surface area contributed by atoms with Crippen molar-refractivity contribution < 1.29 is 4.74 Å². The van der Waals surface area contributed by atoms with Crippen LogP contribution in [0.3, 0.4) is 0 Å². The highest BCUT2D eigenvalue weighted by molar-refractivity contribution is 5.43. The molecule has 0 saturated carbocycles. The molecule has 0 spiro atoms.